The minimum Gasteiger partial charge on any atom is -0.359 e. The van der Waals surface area contributed by atoms with E-state index in [1.807, 2.05) is 24.3 Å². The lowest BCUT2D eigenvalue weighted by atomic mass is 10.0. The lowest BCUT2D eigenvalue weighted by Gasteiger charge is -2.10. The maximum atomic E-state index is 11.1. The summed E-state index contributed by atoms with van der Waals surface area (Å²) in [5, 5.41) is 2.55. The van der Waals surface area contributed by atoms with Crippen molar-refractivity contribution in [3.8, 4) is 0 Å². The zero-order valence-electron chi connectivity index (χ0n) is 7.96. The van der Waals surface area contributed by atoms with Crippen molar-refractivity contribution in [2.45, 2.75) is 12.5 Å². The minimum absolute atomic E-state index is 0.0440. The largest absolute Gasteiger partial charge is 0.359 e. The summed E-state index contributed by atoms with van der Waals surface area (Å²) in [6.45, 7) is 0. The van der Waals surface area contributed by atoms with Gasteiger partial charge in [-0.25, -0.2) is 0 Å². The first-order valence-corrected chi connectivity index (χ1v) is 5.14. The van der Waals surface area contributed by atoms with Crippen molar-refractivity contribution in [2.24, 2.45) is 5.73 Å². The predicted octanol–water partition coefficient (Wildman–Crippen LogP) is 1.58. The monoisotopic (exact) mass is 256 g/mol. The zero-order chi connectivity index (χ0) is 10.6. The van der Waals surface area contributed by atoms with E-state index in [0.717, 1.165) is 10.0 Å². The van der Waals surface area contributed by atoms with E-state index in [2.05, 4.69) is 21.2 Å². The van der Waals surface area contributed by atoms with E-state index in [9.17, 15) is 4.79 Å². The molecular formula is C10H13BrN2O. The summed E-state index contributed by atoms with van der Waals surface area (Å²) < 4.78 is 0.974. The standard InChI is InChI=1S/C10H13BrN2O/c1-13-10(14)6-9(12)7-3-2-4-8(11)5-7/h2-5,9H,6,12H2,1H3,(H,13,14). The summed E-state index contributed by atoms with van der Waals surface area (Å²) in [5.41, 5.74) is 6.82. The number of carbonyl (C=O) groups excluding carboxylic acids is 1. The van der Waals surface area contributed by atoms with Crippen LogP contribution >= 0.6 is 15.9 Å². The van der Waals surface area contributed by atoms with E-state index in [0.29, 0.717) is 6.42 Å². The molecule has 0 spiro atoms. The van der Waals surface area contributed by atoms with E-state index in [1.165, 1.54) is 0 Å². The van der Waals surface area contributed by atoms with Crippen LogP contribution in [0, 0.1) is 0 Å². The Labute approximate surface area is 91.8 Å². The fourth-order valence-corrected chi connectivity index (χ4v) is 1.57. The highest BCUT2D eigenvalue weighted by atomic mass is 79.9. The molecule has 0 fully saturated rings. The van der Waals surface area contributed by atoms with Crippen molar-refractivity contribution in [3.05, 3.63) is 34.3 Å². The number of hydrogen-bond donors (Lipinski definition) is 2. The lowest BCUT2D eigenvalue weighted by Crippen LogP contribution is -2.24. The van der Waals surface area contributed by atoms with Crippen LogP contribution < -0.4 is 11.1 Å². The van der Waals surface area contributed by atoms with Crippen LogP contribution in [0.3, 0.4) is 0 Å². The van der Waals surface area contributed by atoms with Gasteiger partial charge in [-0.05, 0) is 17.7 Å². The highest BCUT2D eigenvalue weighted by Gasteiger charge is 2.10. The highest BCUT2D eigenvalue weighted by molar-refractivity contribution is 9.10. The Morgan fingerprint density at radius 3 is 2.93 bits per heavy atom. The second kappa shape index (κ2) is 5.12. The number of halogens is 1. The molecule has 3 nitrogen and oxygen atoms in total. The Morgan fingerprint density at radius 1 is 1.64 bits per heavy atom. The van der Waals surface area contributed by atoms with Gasteiger partial charge in [-0.2, -0.15) is 0 Å². The van der Waals surface area contributed by atoms with Crippen molar-refractivity contribution in [2.75, 3.05) is 7.05 Å². The normalized spacial score (nSPS) is 12.2. The summed E-state index contributed by atoms with van der Waals surface area (Å²) in [6, 6.07) is 7.43. The first kappa shape index (κ1) is 11.2. The van der Waals surface area contributed by atoms with Gasteiger partial charge >= 0.3 is 0 Å². The number of amides is 1. The Morgan fingerprint density at radius 2 is 2.36 bits per heavy atom. The summed E-state index contributed by atoms with van der Waals surface area (Å²) in [6.07, 6.45) is 0.312. The summed E-state index contributed by atoms with van der Waals surface area (Å²) in [5.74, 6) is -0.0440. The molecule has 1 aromatic rings. The smallest absolute Gasteiger partial charge is 0.221 e. The number of nitrogens with two attached hydrogens (primary N) is 1. The second-order valence-corrected chi connectivity index (χ2v) is 3.95. The quantitative estimate of drug-likeness (QED) is 0.863. The molecular weight excluding hydrogens is 244 g/mol. The van der Waals surface area contributed by atoms with Crippen LogP contribution in [0.25, 0.3) is 0 Å². The fraction of sp³-hybridized carbons (Fsp3) is 0.300. The van der Waals surface area contributed by atoms with E-state index in [4.69, 9.17) is 5.73 Å². The molecule has 1 aromatic carbocycles. The van der Waals surface area contributed by atoms with Crippen molar-refractivity contribution in [1.29, 1.82) is 0 Å². The number of rotatable bonds is 3. The molecule has 0 saturated carbocycles. The van der Waals surface area contributed by atoms with Crippen molar-refractivity contribution >= 4 is 21.8 Å². The Bertz CT molecular complexity index is 328. The number of carbonyl (C=O) groups is 1. The molecule has 14 heavy (non-hydrogen) atoms. The molecule has 1 unspecified atom stereocenters. The first-order valence-electron chi connectivity index (χ1n) is 4.35. The van der Waals surface area contributed by atoms with Gasteiger partial charge in [0.15, 0.2) is 0 Å². The van der Waals surface area contributed by atoms with Gasteiger partial charge in [-0.1, -0.05) is 28.1 Å². The third-order valence-corrected chi connectivity index (χ3v) is 2.45. The molecule has 0 aliphatic rings. The molecule has 0 aliphatic carbocycles. The molecule has 1 rings (SSSR count). The third kappa shape index (κ3) is 3.12. The molecule has 0 aliphatic heterocycles. The fourth-order valence-electron chi connectivity index (χ4n) is 1.16. The Balaban J connectivity index is 2.69. The van der Waals surface area contributed by atoms with Crippen LogP contribution in [0.1, 0.15) is 18.0 Å². The number of nitrogens with one attached hydrogen (secondary N) is 1. The summed E-state index contributed by atoms with van der Waals surface area (Å²) in [4.78, 5) is 11.1. The van der Waals surface area contributed by atoms with Crippen molar-refractivity contribution in [3.63, 3.8) is 0 Å². The molecule has 0 radical (unpaired) electrons. The molecule has 76 valence electrons. The Hall–Kier alpha value is -0.870. The molecule has 0 aromatic heterocycles. The van der Waals surface area contributed by atoms with Gasteiger partial charge in [0.1, 0.15) is 0 Å². The van der Waals surface area contributed by atoms with Crippen LogP contribution in [0.15, 0.2) is 28.7 Å². The van der Waals surface area contributed by atoms with Crippen LogP contribution in [0.2, 0.25) is 0 Å². The SMILES string of the molecule is CNC(=O)CC(N)c1cccc(Br)c1. The van der Waals surface area contributed by atoms with Gasteiger partial charge in [-0.3, -0.25) is 4.79 Å². The van der Waals surface area contributed by atoms with Crippen LogP contribution in [0.4, 0.5) is 0 Å². The average Bonchev–Trinajstić information content (AvgIpc) is 2.17. The Kier molecular flexibility index (Phi) is 4.10. The summed E-state index contributed by atoms with van der Waals surface area (Å²) in [7, 11) is 1.61. The number of hydrogen-bond acceptors (Lipinski definition) is 2. The lowest BCUT2D eigenvalue weighted by molar-refractivity contribution is -0.120. The van der Waals surface area contributed by atoms with Crippen molar-refractivity contribution in [1.82, 2.24) is 5.32 Å². The van der Waals surface area contributed by atoms with Gasteiger partial charge < -0.3 is 11.1 Å². The number of benzene rings is 1. The topological polar surface area (TPSA) is 55.1 Å². The zero-order valence-corrected chi connectivity index (χ0v) is 9.54. The molecule has 3 N–H and O–H groups in total. The molecule has 4 heteroatoms. The van der Waals surface area contributed by atoms with Gasteiger partial charge in [0, 0.05) is 24.0 Å². The van der Waals surface area contributed by atoms with Gasteiger partial charge in [0.05, 0.1) is 0 Å². The average molecular weight is 257 g/mol. The second-order valence-electron chi connectivity index (χ2n) is 3.04. The molecule has 1 atom stereocenters. The first-order chi connectivity index (χ1) is 6.63. The molecule has 0 heterocycles. The maximum Gasteiger partial charge on any atom is 0.221 e. The van der Waals surface area contributed by atoms with E-state index < -0.39 is 0 Å². The summed E-state index contributed by atoms with van der Waals surface area (Å²) >= 11 is 3.36. The van der Waals surface area contributed by atoms with Crippen LogP contribution in [-0.4, -0.2) is 13.0 Å². The van der Waals surface area contributed by atoms with E-state index >= 15 is 0 Å². The van der Waals surface area contributed by atoms with Crippen LogP contribution in [-0.2, 0) is 4.79 Å². The predicted molar refractivity (Wildman–Crippen MR) is 59.8 cm³/mol. The van der Waals surface area contributed by atoms with Gasteiger partial charge in [-0.15, -0.1) is 0 Å². The maximum absolute atomic E-state index is 11.1. The minimum atomic E-state index is -0.243. The van der Waals surface area contributed by atoms with Gasteiger partial charge in [0.25, 0.3) is 0 Å². The molecule has 0 bridgehead atoms. The van der Waals surface area contributed by atoms with Crippen molar-refractivity contribution < 1.29 is 4.79 Å². The van der Waals surface area contributed by atoms with E-state index in [-0.39, 0.29) is 11.9 Å². The van der Waals surface area contributed by atoms with Gasteiger partial charge in [0.2, 0.25) is 5.91 Å². The highest BCUT2D eigenvalue weighted by Crippen LogP contribution is 2.18. The molecule has 0 saturated heterocycles. The van der Waals surface area contributed by atoms with Crippen LogP contribution in [0.5, 0.6) is 0 Å². The molecule has 1 amide bonds. The van der Waals surface area contributed by atoms with E-state index in [1.54, 1.807) is 7.05 Å². The third-order valence-electron chi connectivity index (χ3n) is 1.96.